The van der Waals surface area contributed by atoms with Crippen LogP contribution >= 0.6 is 0 Å². The summed E-state index contributed by atoms with van der Waals surface area (Å²) in [7, 11) is 0. The summed E-state index contributed by atoms with van der Waals surface area (Å²) in [6.07, 6.45) is 8.73. The fraction of sp³-hybridized carbons (Fsp3) is 0.385. The van der Waals surface area contributed by atoms with Crippen molar-refractivity contribution in [2.24, 2.45) is 0 Å². The molecule has 1 amide bonds. The molecule has 0 atom stereocenters. The zero-order chi connectivity index (χ0) is 23.3. The monoisotopic (exact) mass is 458 g/mol. The summed E-state index contributed by atoms with van der Waals surface area (Å²) >= 11 is 0. The summed E-state index contributed by atoms with van der Waals surface area (Å²) in [5, 5.41) is 6.26. The van der Waals surface area contributed by atoms with Gasteiger partial charge in [0, 0.05) is 48.5 Å². The van der Waals surface area contributed by atoms with Gasteiger partial charge in [0.2, 0.25) is 11.8 Å². The largest absolute Gasteiger partial charge is 0.474 e. The number of aromatic nitrogens is 3. The van der Waals surface area contributed by atoms with Crippen LogP contribution < -0.4 is 20.3 Å². The van der Waals surface area contributed by atoms with Crippen molar-refractivity contribution in [2.45, 2.75) is 51.6 Å². The molecule has 2 aliphatic rings. The van der Waals surface area contributed by atoms with Gasteiger partial charge in [0.05, 0.1) is 5.56 Å². The summed E-state index contributed by atoms with van der Waals surface area (Å²) in [4.78, 5) is 28.4. The minimum Gasteiger partial charge on any atom is -0.474 e. The minimum absolute atomic E-state index is 0.206. The van der Waals surface area contributed by atoms with Crippen LogP contribution in [0, 0.1) is 6.92 Å². The zero-order valence-electron chi connectivity index (χ0n) is 19.5. The maximum Gasteiger partial charge on any atom is 0.257 e. The van der Waals surface area contributed by atoms with Crippen LogP contribution in [0.15, 0.2) is 48.7 Å². The molecule has 1 saturated heterocycles. The van der Waals surface area contributed by atoms with E-state index >= 15 is 0 Å². The molecule has 0 spiro atoms. The number of anilines is 4. The van der Waals surface area contributed by atoms with E-state index in [0.29, 0.717) is 17.1 Å². The predicted octanol–water partition coefficient (Wildman–Crippen LogP) is 5.10. The van der Waals surface area contributed by atoms with E-state index in [1.54, 1.807) is 18.3 Å². The van der Waals surface area contributed by atoms with Gasteiger partial charge < -0.3 is 20.3 Å². The van der Waals surface area contributed by atoms with Gasteiger partial charge in [0.25, 0.3) is 5.91 Å². The second kappa shape index (κ2) is 10.1. The highest BCUT2D eigenvalue weighted by Crippen LogP contribution is 2.24. The van der Waals surface area contributed by atoms with Crippen LogP contribution in [-0.4, -0.2) is 40.1 Å². The van der Waals surface area contributed by atoms with Crippen LogP contribution in [0.4, 0.5) is 23.1 Å². The quantitative estimate of drug-likeness (QED) is 0.509. The van der Waals surface area contributed by atoms with Crippen molar-refractivity contribution in [1.82, 2.24) is 15.0 Å². The summed E-state index contributed by atoms with van der Waals surface area (Å²) in [5.74, 6) is 1.91. The van der Waals surface area contributed by atoms with Gasteiger partial charge in [-0.2, -0.15) is 4.98 Å². The molecule has 1 aliphatic heterocycles. The molecule has 176 valence electrons. The molecular formula is C26H30N6O2. The maximum absolute atomic E-state index is 12.6. The van der Waals surface area contributed by atoms with E-state index in [1.807, 2.05) is 37.3 Å². The average molecular weight is 459 g/mol. The number of aryl methyl sites for hydroxylation is 1. The Labute approximate surface area is 199 Å². The van der Waals surface area contributed by atoms with E-state index in [9.17, 15) is 4.79 Å². The molecule has 1 aliphatic carbocycles. The first kappa shape index (κ1) is 22.1. The summed E-state index contributed by atoms with van der Waals surface area (Å²) < 4.78 is 5.87. The van der Waals surface area contributed by atoms with Crippen molar-refractivity contribution in [2.75, 3.05) is 28.6 Å². The average Bonchev–Trinajstić information content (AvgIpc) is 3.55. The van der Waals surface area contributed by atoms with Crippen molar-refractivity contribution >= 4 is 29.0 Å². The number of hydrogen-bond donors (Lipinski definition) is 2. The highest BCUT2D eigenvalue weighted by atomic mass is 16.5. The molecule has 8 heteroatoms. The molecule has 0 bridgehead atoms. The molecule has 1 saturated carbocycles. The van der Waals surface area contributed by atoms with Crippen LogP contribution in [0.1, 0.15) is 54.6 Å². The molecule has 3 aromatic rings. The Morgan fingerprint density at radius 3 is 2.41 bits per heavy atom. The Kier molecular flexibility index (Phi) is 6.56. The lowest BCUT2D eigenvalue weighted by atomic mass is 10.2. The van der Waals surface area contributed by atoms with Crippen LogP contribution in [0.3, 0.4) is 0 Å². The Bertz CT molecular complexity index is 1120. The smallest absolute Gasteiger partial charge is 0.257 e. The molecule has 2 fully saturated rings. The maximum atomic E-state index is 12.6. The van der Waals surface area contributed by atoms with Gasteiger partial charge >= 0.3 is 0 Å². The van der Waals surface area contributed by atoms with Gasteiger partial charge in [0.1, 0.15) is 11.9 Å². The standard InChI is InChI=1S/C26H30N6O2/c1-18-16-23(31-26(28-18)32-14-4-5-15-32)29-20-9-11-21(12-10-20)30-25(33)19-8-13-24(27-17-19)34-22-6-2-3-7-22/h8-13,16-17,22H,2-7,14-15H2,1H3,(H,30,33)(H,28,29,31). The summed E-state index contributed by atoms with van der Waals surface area (Å²) in [6.45, 7) is 3.99. The lowest BCUT2D eigenvalue weighted by Gasteiger charge is -2.17. The van der Waals surface area contributed by atoms with Crippen molar-refractivity contribution in [3.05, 3.63) is 59.9 Å². The molecule has 8 nitrogen and oxygen atoms in total. The topological polar surface area (TPSA) is 92.3 Å². The normalized spacial score (nSPS) is 16.0. The van der Waals surface area contributed by atoms with Crippen LogP contribution in [0.2, 0.25) is 0 Å². The molecule has 34 heavy (non-hydrogen) atoms. The Hall–Kier alpha value is -3.68. The second-order valence-corrected chi connectivity index (χ2v) is 8.95. The summed E-state index contributed by atoms with van der Waals surface area (Å²) in [6, 6.07) is 13.0. The third kappa shape index (κ3) is 5.44. The first-order valence-electron chi connectivity index (χ1n) is 12.0. The third-order valence-electron chi connectivity index (χ3n) is 6.23. The molecule has 1 aromatic carbocycles. The predicted molar refractivity (Wildman–Crippen MR) is 133 cm³/mol. The first-order valence-corrected chi connectivity index (χ1v) is 12.0. The van der Waals surface area contributed by atoms with E-state index < -0.39 is 0 Å². The Morgan fingerprint density at radius 1 is 0.971 bits per heavy atom. The van der Waals surface area contributed by atoms with E-state index in [0.717, 1.165) is 49.1 Å². The first-order chi connectivity index (χ1) is 16.6. The second-order valence-electron chi connectivity index (χ2n) is 8.95. The molecule has 2 N–H and O–H groups in total. The van der Waals surface area contributed by atoms with Crippen molar-refractivity contribution in [3.8, 4) is 5.88 Å². The number of carbonyl (C=O) groups excluding carboxylic acids is 1. The van der Waals surface area contributed by atoms with Crippen molar-refractivity contribution in [1.29, 1.82) is 0 Å². The Morgan fingerprint density at radius 2 is 1.71 bits per heavy atom. The van der Waals surface area contributed by atoms with Crippen LogP contribution in [0.25, 0.3) is 0 Å². The number of pyridine rings is 1. The number of nitrogens with zero attached hydrogens (tertiary/aromatic N) is 4. The Balaban J connectivity index is 1.18. The SMILES string of the molecule is Cc1cc(Nc2ccc(NC(=O)c3ccc(OC4CCCC4)nc3)cc2)nc(N2CCCC2)n1. The third-order valence-corrected chi connectivity index (χ3v) is 6.23. The fourth-order valence-electron chi connectivity index (χ4n) is 4.42. The number of amides is 1. The highest BCUT2D eigenvalue weighted by Gasteiger charge is 2.18. The number of nitrogens with one attached hydrogen (secondary N) is 2. The lowest BCUT2D eigenvalue weighted by Crippen LogP contribution is -2.21. The van der Waals surface area contributed by atoms with E-state index in [4.69, 9.17) is 4.74 Å². The van der Waals surface area contributed by atoms with E-state index in [2.05, 4.69) is 30.5 Å². The van der Waals surface area contributed by atoms with Gasteiger partial charge in [-0.15, -0.1) is 0 Å². The number of ether oxygens (including phenoxy) is 1. The van der Waals surface area contributed by atoms with E-state index in [-0.39, 0.29) is 12.0 Å². The summed E-state index contributed by atoms with van der Waals surface area (Å²) in [5.41, 5.74) is 3.01. The van der Waals surface area contributed by atoms with Crippen LogP contribution in [-0.2, 0) is 0 Å². The fourth-order valence-corrected chi connectivity index (χ4v) is 4.42. The number of carbonyl (C=O) groups is 1. The molecule has 0 radical (unpaired) electrons. The molecular weight excluding hydrogens is 428 g/mol. The lowest BCUT2D eigenvalue weighted by molar-refractivity contribution is 0.102. The van der Waals surface area contributed by atoms with Crippen LogP contribution in [0.5, 0.6) is 5.88 Å². The number of rotatable bonds is 7. The molecule has 5 rings (SSSR count). The molecule has 0 unspecified atom stereocenters. The molecule has 3 heterocycles. The minimum atomic E-state index is -0.206. The van der Waals surface area contributed by atoms with Gasteiger partial charge in [-0.25, -0.2) is 9.97 Å². The van der Waals surface area contributed by atoms with Gasteiger partial charge in [-0.3, -0.25) is 4.79 Å². The molecule has 2 aromatic heterocycles. The zero-order valence-corrected chi connectivity index (χ0v) is 19.5. The number of benzene rings is 1. The van der Waals surface area contributed by atoms with Crippen molar-refractivity contribution < 1.29 is 9.53 Å². The van der Waals surface area contributed by atoms with E-state index in [1.165, 1.54) is 25.7 Å². The van der Waals surface area contributed by atoms with Gasteiger partial charge in [-0.1, -0.05) is 0 Å². The highest BCUT2D eigenvalue weighted by molar-refractivity contribution is 6.04. The number of hydrogen-bond acceptors (Lipinski definition) is 7. The van der Waals surface area contributed by atoms with Crippen molar-refractivity contribution in [3.63, 3.8) is 0 Å². The van der Waals surface area contributed by atoms with Gasteiger partial charge in [0.15, 0.2) is 0 Å². The van der Waals surface area contributed by atoms with Gasteiger partial charge in [-0.05, 0) is 75.8 Å².